The van der Waals surface area contributed by atoms with Crippen molar-refractivity contribution in [1.82, 2.24) is 15.2 Å². The number of aromatic nitrogens is 1. The highest BCUT2D eigenvalue weighted by atomic mass is 32.1. The summed E-state index contributed by atoms with van der Waals surface area (Å²) in [6.07, 6.45) is 1.22. The van der Waals surface area contributed by atoms with E-state index in [0.29, 0.717) is 25.4 Å². The summed E-state index contributed by atoms with van der Waals surface area (Å²) in [6.45, 7) is 7.20. The first-order valence-electron chi connectivity index (χ1n) is 7.17. The minimum atomic E-state index is -0.270. The van der Waals surface area contributed by atoms with Gasteiger partial charge in [-0.15, -0.1) is 11.3 Å². The average molecular weight is 311 g/mol. The van der Waals surface area contributed by atoms with Crippen LogP contribution in [0, 0.1) is 13.8 Å². The van der Waals surface area contributed by atoms with E-state index in [0.717, 1.165) is 22.7 Å². The number of likely N-dealkylation sites (tertiary alicyclic amines) is 1. The van der Waals surface area contributed by atoms with Crippen molar-refractivity contribution in [3.63, 3.8) is 0 Å². The van der Waals surface area contributed by atoms with Crippen molar-refractivity contribution in [2.24, 2.45) is 0 Å². The predicted molar refractivity (Wildman–Crippen MR) is 80.7 cm³/mol. The van der Waals surface area contributed by atoms with Crippen molar-refractivity contribution < 1.29 is 14.3 Å². The van der Waals surface area contributed by atoms with Gasteiger partial charge >= 0.3 is 6.09 Å². The van der Waals surface area contributed by atoms with Gasteiger partial charge in [0.2, 0.25) is 0 Å². The lowest BCUT2D eigenvalue weighted by molar-refractivity contribution is 0.0856. The number of nitrogens with one attached hydrogen (secondary N) is 1. The van der Waals surface area contributed by atoms with Gasteiger partial charge in [0, 0.05) is 24.0 Å². The van der Waals surface area contributed by atoms with Gasteiger partial charge in [0.1, 0.15) is 5.69 Å². The van der Waals surface area contributed by atoms with Gasteiger partial charge < -0.3 is 15.0 Å². The van der Waals surface area contributed by atoms with Gasteiger partial charge in [-0.3, -0.25) is 4.79 Å². The molecule has 1 aliphatic rings. The molecule has 0 atom stereocenters. The van der Waals surface area contributed by atoms with Crippen LogP contribution < -0.4 is 5.32 Å². The Labute approximate surface area is 128 Å². The van der Waals surface area contributed by atoms with Gasteiger partial charge in [-0.2, -0.15) is 0 Å². The Kier molecular flexibility index (Phi) is 5.17. The van der Waals surface area contributed by atoms with E-state index < -0.39 is 0 Å². The monoisotopic (exact) mass is 311 g/mol. The Morgan fingerprint density at radius 2 is 2.05 bits per heavy atom. The molecule has 0 saturated carbocycles. The molecule has 0 bridgehead atoms. The molecule has 0 spiro atoms. The zero-order valence-electron chi connectivity index (χ0n) is 12.6. The number of aryl methyl sites for hydroxylation is 2. The topological polar surface area (TPSA) is 71.5 Å². The third-order valence-corrected chi connectivity index (χ3v) is 4.36. The number of rotatable bonds is 3. The van der Waals surface area contributed by atoms with Crippen LogP contribution in [0.25, 0.3) is 0 Å². The van der Waals surface area contributed by atoms with E-state index in [9.17, 15) is 9.59 Å². The maximum absolute atomic E-state index is 12.2. The Morgan fingerprint density at radius 1 is 1.38 bits per heavy atom. The van der Waals surface area contributed by atoms with Crippen LogP contribution in [0.5, 0.6) is 0 Å². The lowest BCUT2D eigenvalue weighted by Crippen LogP contribution is -2.46. The first kappa shape index (κ1) is 15.8. The van der Waals surface area contributed by atoms with Crippen LogP contribution in [-0.4, -0.2) is 47.6 Å². The second kappa shape index (κ2) is 6.89. The molecule has 0 unspecified atom stereocenters. The Bertz CT molecular complexity index is 522. The fourth-order valence-electron chi connectivity index (χ4n) is 2.41. The summed E-state index contributed by atoms with van der Waals surface area (Å²) < 4.78 is 4.98. The zero-order valence-corrected chi connectivity index (χ0v) is 13.5. The second-order valence-electron chi connectivity index (χ2n) is 5.07. The van der Waals surface area contributed by atoms with Crippen LogP contribution in [0.4, 0.5) is 4.79 Å². The molecule has 116 valence electrons. The van der Waals surface area contributed by atoms with E-state index in [1.807, 2.05) is 13.8 Å². The van der Waals surface area contributed by atoms with E-state index in [2.05, 4.69) is 10.3 Å². The van der Waals surface area contributed by atoms with Crippen LogP contribution >= 0.6 is 11.3 Å². The lowest BCUT2D eigenvalue weighted by Gasteiger charge is -2.31. The summed E-state index contributed by atoms with van der Waals surface area (Å²) >= 11 is 1.53. The molecule has 1 aromatic rings. The fourth-order valence-corrected chi connectivity index (χ4v) is 3.23. The quantitative estimate of drug-likeness (QED) is 0.928. The Balaban J connectivity index is 1.85. The summed E-state index contributed by atoms with van der Waals surface area (Å²) in [7, 11) is 0. The molecule has 1 aromatic heterocycles. The van der Waals surface area contributed by atoms with Crippen LogP contribution in [0.15, 0.2) is 0 Å². The fraction of sp³-hybridized carbons (Fsp3) is 0.643. The van der Waals surface area contributed by atoms with Crippen molar-refractivity contribution in [1.29, 1.82) is 0 Å². The molecule has 2 heterocycles. The zero-order chi connectivity index (χ0) is 15.4. The van der Waals surface area contributed by atoms with Crippen LogP contribution in [0.2, 0.25) is 0 Å². The Hall–Kier alpha value is -1.63. The highest BCUT2D eigenvalue weighted by Gasteiger charge is 2.25. The lowest BCUT2D eigenvalue weighted by atomic mass is 10.1. The van der Waals surface area contributed by atoms with E-state index in [1.165, 1.54) is 11.3 Å². The summed E-state index contributed by atoms with van der Waals surface area (Å²) in [6, 6.07) is 0.0876. The number of amides is 2. The third kappa shape index (κ3) is 3.93. The molecule has 0 aliphatic carbocycles. The standard InChI is InChI=1S/C14H21N3O3S/c1-4-20-14(19)17-7-5-11(6-8-17)16-13(18)12-9(2)21-10(3)15-12/h11H,4-8H2,1-3H3,(H,16,18). The smallest absolute Gasteiger partial charge is 0.409 e. The van der Waals surface area contributed by atoms with Crippen molar-refractivity contribution in [3.05, 3.63) is 15.6 Å². The highest BCUT2D eigenvalue weighted by Crippen LogP contribution is 2.17. The molecule has 0 aromatic carbocycles. The molecule has 6 nitrogen and oxygen atoms in total. The molecule has 2 rings (SSSR count). The normalized spacial score (nSPS) is 15.9. The van der Waals surface area contributed by atoms with E-state index in [1.54, 1.807) is 11.8 Å². The predicted octanol–water partition coefficient (Wildman–Crippen LogP) is 2.11. The highest BCUT2D eigenvalue weighted by molar-refractivity contribution is 7.11. The number of carbonyl (C=O) groups is 2. The van der Waals surface area contributed by atoms with Gasteiger partial charge in [0.05, 0.1) is 11.6 Å². The third-order valence-electron chi connectivity index (χ3n) is 3.47. The molecule has 1 aliphatic heterocycles. The van der Waals surface area contributed by atoms with E-state index in [-0.39, 0.29) is 18.0 Å². The van der Waals surface area contributed by atoms with Gasteiger partial charge in [0.15, 0.2) is 0 Å². The van der Waals surface area contributed by atoms with Crippen molar-refractivity contribution >= 4 is 23.3 Å². The summed E-state index contributed by atoms with van der Waals surface area (Å²) in [5, 5.41) is 3.91. The van der Waals surface area contributed by atoms with E-state index in [4.69, 9.17) is 4.74 Å². The molecule has 1 saturated heterocycles. The van der Waals surface area contributed by atoms with Crippen molar-refractivity contribution in [2.75, 3.05) is 19.7 Å². The Morgan fingerprint density at radius 3 is 2.57 bits per heavy atom. The van der Waals surface area contributed by atoms with E-state index >= 15 is 0 Å². The largest absolute Gasteiger partial charge is 0.450 e. The van der Waals surface area contributed by atoms with Crippen LogP contribution in [0.3, 0.4) is 0 Å². The summed E-state index contributed by atoms with van der Waals surface area (Å²) in [4.78, 5) is 30.7. The first-order valence-corrected chi connectivity index (χ1v) is 7.99. The average Bonchev–Trinajstić information content (AvgIpc) is 2.79. The van der Waals surface area contributed by atoms with Crippen molar-refractivity contribution in [3.8, 4) is 0 Å². The van der Waals surface area contributed by atoms with Gasteiger partial charge in [-0.1, -0.05) is 0 Å². The molecule has 1 fully saturated rings. The number of hydrogen-bond acceptors (Lipinski definition) is 5. The van der Waals surface area contributed by atoms with Gasteiger partial charge in [-0.25, -0.2) is 9.78 Å². The van der Waals surface area contributed by atoms with Gasteiger partial charge in [-0.05, 0) is 33.6 Å². The molecule has 0 radical (unpaired) electrons. The maximum atomic E-state index is 12.2. The molecular formula is C14H21N3O3S. The minimum absolute atomic E-state index is 0.0876. The van der Waals surface area contributed by atoms with Crippen molar-refractivity contribution in [2.45, 2.75) is 39.7 Å². The number of nitrogens with zero attached hydrogens (tertiary/aromatic N) is 2. The maximum Gasteiger partial charge on any atom is 0.409 e. The number of hydrogen-bond donors (Lipinski definition) is 1. The molecular weight excluding hydrogens is 290 g/mol. The summed E-state index contributed by atoms with van der Waals surface area (Å²) in [5.41, 5.74) is 0.519. The summed E-state index contributed by atoms with van der Waals surface area (Å²) in [5.74, 6) is -0.119. The second-order valence-corrected chi connectivity index (χ2v) is 6.48. The molecule has 7 heteroatoms. The molecule has 2 amide bonds. The number of ether oxygens (including phenoxy) is 1. The number of carbonyl (C=O) groups excluding carboxylic acids is 2. The SMILES string of the molecule is CCOC(=O)N1CCC(NC(=O)c2nc(C)sc2C)CC1. The minimum Gasteiger partial charge on any atom is -0.450 e. The number of thiazole rings is 1. The van der Waals surface area contributed by atoms with Crippen LogP contribution in [-0.2, 0) is 4.74 Å². The molecule has 1 N–H and O–H groups in total. The van der Waals surface area contributed by atoms with Crippen LogP contribution in [0.1, 0.15) is 40.1 Å². The first-order chi connectivity index (χ1) is 10.0. The number of piperidine rings is 1. The molecule has 21 heavy (non-hydrogen) atoms. The van der Waals surface area contributed by atoms with Gasteiger partial charge in [0.25, 0.3) is 5.91 Å².